The number of rotatable bonds is 4. The topological polar surface area (TPSA) is 90.0 Å². The normalized spacial score (nSPS) is 21.4. The number of ketones is 1. The van der Waals surface area contributed by atoms with Crippen LogP contribution in [0.15, 0.2) is 18.2 Å². The van der Waals surface area contributed by atoms with Gasteiger partial charge in [-0.25, -0.2) is 4.79 Å². The largest absolute Gasteiger partial charge is 0.441 e. The number of hydrogen-bond acceptors (Lipinski definition) is 6. The van der Waals surface area contributed by atoms with Gasteiger partial charge in [0.1, 0.15) is 18.5 Å². The summed E-state index contributed by atoms with van der Waals surface area (Å²) in [5, 5.41) is 0. The summed E-state index contributed by atoms with van der Waals surface area (Å²) in [6.45, 7) is 0.00554. The zero-order valence-electron chi connectivity index (χ0n) is 13.4. The maximum absolute atomic E-state index is 12.0. The molecule has 1 aromatic rings. The first-order chi connectivity index (χ1) is 11.3. The molecule has 1 aliphatic carbocycles. The van der Waals surface area contributed by atoms with Crippen molar-refractivity contribution < 1.29 is 26.9 Å². The Balaban J connectivity index is 1.75. The molecule has 0 spiro atoms. The van der Waals surface area contributed by atoms with Crippen LogP contribution in [-0.4, -0.2) is 45.8 Å². The van der Waals surface area contributed by atoms with Crippen molar-refractivity contribution in [2.75, 3.05) is 24.3 Å². The summed E-state index contributed by atoms with van der Waals surface area (Å²) in [6.07, 6.45) is 2.43. The highest BCUT2D eigenvalue weighted by Gasteiger charge is 2.33. The molecule has 1 heterocycles. The number of carbonyl (C=O) groups is 2. The molecule has 7 nitrogen and oxygen atoms in total. The average molecular weight is 353 g/mol. The Bertz CT molecular complexity index is 773. The molecular formula is C16H19NO6S. The minimum atomic E-state index is -3.58. The molecule has 0 aromatic heterocycles. The number of cyclic esters (lactones) is 1. The third kappa shape index (κ3) is 3.93. The Morgan fingerprint density at radius 1 is 1.25 bits per heavy atom. The Morgan fingerprint density at radius 2 is 2.04 bits per heavy atom. The number of fused-ring (bicyclic) bond motifs is 1. The van der Waals surface area contributed by atoms with Crippen LogP contribution < -0.4 is 4.90 Å². The molecule has 1 saturated heterocycles. The lowest BCUT2D eigenvalue weighted by atomic mass is 10.0. The quantitative estimate of drug-likeness (QED) is 0.601. The van der Waals surface area contributed by atoms with Crippen molar-refractivity contribution in [1.29, 1.82) is 0 Å². The Morgan fingerprint density at radius 3 is 2.79 bits per heavy atom. The van der Waals surface area contributed by atoms with Crippen LogP contribution in [0.3, 0.4) is 0 Å². The van der Waals surface area contributed by atoms with E-state index in [4.69, 9.17) is 8.92 Å². The van der Waals surface area contributed by atoms with Gasteiger partial charge in [0, 0.05) is 18.5 Å². The van der Waals surface area contributed by atoms with Gasteiger partial charge in [0.25, 0.3) is 10.1 Å². The minimum absolute atomic E-state index is 0.203. The number of aryl methyl sites for hydroxylation is 1. The van der Waals surface area contributed by atoms with Gasteiger partial charge >= 0.3 is 6.09 Å². The second-order valence-corrected chi connectivity index (χ2v) is 7.77. The molecule has 0 radical (unpaired) electrons. The highest BCUT2D eigenvalue weighted by molar-refractivity contribution is 7.85. The molecule has 1 aromatic carbocycles. The fraction of sp³-hybridized carbons (Fsp3) is 0.500. The lowest BCUT2D eigenvalue weighted by molar-refractivity contribution is -0.118. The van der Waals surface area contributed by atoms with E-state index in [0.717, 1.165) is 30.2 Å². The monoisotopic (exact) mass is 353 g/mol. The highest BCUT2D eigenvalue weighted by Crippen LogP contribution is 2.27. The average Bonchev–Trinajstić information content (AvgIpc) is 2.76. The van der Waals surface area contributed by atoms with Crippen LogP contribution in [0.1, 0.15) is 24.0 Å². The SMILES string of the molecule is CS(=O)(=O)OC[C@H]1CN(c2ccc3c(c2)CC(=O)CCC3)C(=O)O1. The number of ether oxygens (including phenoxy) is 1. The van der Waals surface area contributed by atoms with Crippen LogP contribution in [0.4, 0.5) is 10.5 Å². The first kappa shape index (κ1) is 16.9. The number of benzene rings is 1. The molecule has 1 fully saturated rings. The molecular weight excluding hydrogens is 334 g/mol. The van der Waals surface area contributed by atoms with Gasteiger partial charge in [-0.2, -0.15) is 8.42 Å². The van der Waals surface area contributed by atoms with Crippen molar-refractivity contribution in [3.05, 3.63) is 29.3 Å². The fourth-order valence-electron chi connectivity index (χ4n) is 2.98. The number of carbonyl (C=O) groups excluding carboxylic acids is 2. The van der Waals surface area contributed by atoms with Crippen LogP contribution in [0.5, 0.6) is 0 Å². The van der Waals surface area contributed by atoms with Crippen LogP contribution in [0.25, 0.3) is 0 Å². The van der Waals surface area contributed by atoms with Gasteiger partial charge in [-0.05, 0) is 36.1 Å². The van der Waals surface area contributed by atoms with Crippen LogP contribution in [0.2, 0.25) is 0 Å². The van der Waals surface area contributed by atoms with E-state index in [-0.39, 0.29) is 18.9 Å². The molecule has 0 unspecified atom stereocenters. The molecule has 8 heteroatoms. The smallest absolute Gasteiger partial charge is 0.414 e. The highest BCUT2D eigenvalue weighted by atomic mass is 32.2. The van der Waals surface area contributed by atoms with Gasteiger partial charge < -0.3 is 4.74 Å². The maximum Gasteiger partial charge on any atom is 0.414 e. The van der Waals surface area contributed by atoms with E-state index in [2.05, 4.69) is 0 Å². The van der Waals surface area contributed by atoms with Gasteiger partial charge in [0.15, 0.2) is 0 Å². The van der Waals surface area contributed by atoms with Crippen LogP contribution in [0, 0.1) is 0 Å². The Hall–Kier alpha value is -1.93. The van der Waals surface area contributed by atoms with E-state index in [1.807, 2.05) is 18.2 Å². The summed E-state index contributed by atoms with van der Waals surface area (Å²) in [5.74, 6) is 0.203. The number of amides is 1. The maximum atomic E-state index is 12.0. The molecule has 1 atom stereocenters. The predicted octanol–water partition coefficient (Wildman–Crippen LogP) is 1.44. The van der Waals surface area contributed by atoms with Crippen molar-refractivity contribution in [2.45, 2.75) is 31.8 Å². The first-order valence-electron chi connectivity index (χ1n) is 7.78. The van der Waals surface area contributed by atoms with E-state index in [1.165, 1.54) is 4.90 Å². The summed E-state index contributed by atoms with van der Waals surface area (Å²) in [7, 11) is -3.58. The zero-order valence-corrected chi connectivity index (χ0v) is 14.2. The molecule has 24 heavy (non-hydrogen) atoms. The number of nitrogens with zero attached hydrogens (tertiary/aromatic N) is 1. The van der Waals surface area contributed by atoms with Gasteiger partial charge in [0.2, 0.25) is 0 Å². The lowest BCUT2D eigenvalue weighted by Gasteiger charge is -2.15. The molecule has 0 bridgehead atoms. The Kier molecular flexibility index (Phi) is 4.60. The fourth-order valence-corrected chi connectivity index (χ4v) is 3.38. The molecule has 3 rings (SSSR count). The molecule has 0 N–H and O–H groups in total. The minimum Gasteiger partial charge on any atom is -0.441 e. The third-order valence-corrected chi connectivity index (χ3v) is 4.70. The van der Waals surface area contributed by atoms with Crippen LogP contribution in [-0.2, 0) is 36.7 Å². The molecule has 1 amide bonds. The van der Waals surface area contributed by atoms with Gasteiger partial charge in [-0.1, -0.05) is 6.07 Å². The van der Waals surface area contributed by atoms with E-state index < -0.39 is 22.3 Å². The third-order valence-electron chi connectivity index (χ3n) is 4.13. The predicted molar refractivity (Wildman–Crippen MR) is 86.5 cm³/mol. The van der Waals surface area contributed by atoms with E-state index >= 15 is 0 Å². The van der Waals surface area contributed by atoms with Crippen molar-refractivity contribution in [1.82, 2.24) is 0 Å². The second kappa shape index (κ2) is 6.52. The summed E-state index contributed by atoms with van der Waals surface area (Å²) in [6, 6.07) is 5.62. The zero-order chi connectivity index (χ0) is 17.3. The summed E-state index contributed by atoms with van der Waals surface area (Å²) in [5.41, 5.74) is 2.73. The first-order valence-corrected chi connectivity index (χ1v) is 9.59. The van der Waals surface area contributed by atoms with E-state index in [9.17, 15) is 18.0 Å². The number of Topliss-reactive ketones (excluding diaryl/α,β-unsaturated/α-hetero) is 1. The molecule has 1 aliphatic heterocycles. The van der Waals surface area contributed by atoms with Crippen LogP contribution >= 0.6 is 0 Å². The molecule has 130 valence electrons. The van der Waals surface area contributed by atoms with E-state index in [0.29, 0.717) is 18.5 Å². The summed E-state index contributed by atoms with van der Waals surface area (Å²) in [4.78, 5) is 25.3. The molecule has 2 aliphatic rings. The van der Waals surface area contributed by atoms with Gasteiger partial charge in [0.05, 0.1) is 12.8 Å². The van der Waals surface area contributed by atoms with Crippen molar-refractivity contribution in [3.8, 4) is 0 Å². The van der Waals surface area contributed by atoms with E-state index in [1.54, 1.807) is 0 Å². The Labute approximate surface area is 140 Å². The number of anilines is 1. The summed E-state index contributed by atoms with van der Waals surface area (Å²) < 4.78 is 31.9. The van der Waals surface area contributed by atoms with Crippen molar-refractivity contribution in [2.24, 2.45) is 0 Å². The standard InChI is InChI=1S/C16H19NO6S/c1-24(20,21)22-10-15-9-17(16(19)23-15)13-6-5-11-3-2-4-14(18)8-12(11)7-13/h5-7,15H,2-4,8-10H2,1H3/t15-/m1/s1. The second-order valence-electron chi connectivity index (χ2n) is 6.13. The summed E-state index contributed by atoms with van der Waals surface area (Å²) >= 11 is 0. The van der Waals surface area contributed by atoms with Crippen molar-refractivity contribution in [3.63, 3.8) is 0 Å². The molecule has 0 saturated carbocycles. The van der Waals surface area contributed by atoms with Gasteiger partial charge in [-0.15, -0.1) is 0 Å². The number of hydrogen-bond donors (Lipinski definition) is 0. The lowest BCUT2D eigenvalue weighted by Crippen LogP contribution is -2.26. The van der Waals surface area contributed by atoms with Gasteiger partial charge in [-0.3, -0.25) is 13.9 Å². The van der Waals surface area contributed by atoms with Crippen molar-refractivity contribution >= 4 is 27.7 Å².